The average molecular weight is 425 g/mol. The molecule has 0 spiro atoms. The van der Waals surface area contributed by atoms with Crippen LogP contribution >= 0.6 is 0 Å². The van der Waals surface area contributed by atoms with Crippen LogP contribution in [0.15, 0.2) is 30.3 Å². The lowest BCUT2D eigenvalue weighted by molar-refractivity contribution is -0.192. The molecule has 2 rings (SSSR count). The quantitative estimate of drug-likeness (QED) is 0.492. The molecule has 1 aromatic rings. The van der Waals surface area contributed by atoms with Crippen LogP contribution in [0.2, 0.25) is 18.1 Å². The molecule has 6 nitrogen and oxygen atoms in total. The highest BCUT2D eigenvalue weighted by atomic mass is 28.4. The first-order chi connectivity index (χ1) is 13.4. The van der Waals surface area contributed by atoms with Crippen molar-refractivity contribution < 1.29 is 28.9 Å². The summed E-state index contributed by atoms with van der Waals surface area (Å²) in [6, 6.07) is 9.92. The molecule has 0 aromatic heterocycles. The number of aliphatic hydroxyl groups excluding tert-OH is 2. The van der Waals surface area contributed by atoms with E-state index in [1.54, 1.807) is 6.92 Å². The Morgan fingerprint density at radius 2 is 1.79 bits per heavy atom. The Morgan fingerprint density at radius 3 is 2.38 bits per heavy atom. The van der Waals surface area contributed by atoms with E-state index >= 15 is 0 Å². The lowest BCUT2D eigenvalue weighted by Crippen LogP contribution is -2.53. The zero-order valence-electron chi connectivity index (χ0n) is 18.4. The fraction of sp³-hybridized carbons (Fsp3) is 0.682. The number of hydrogen-bond donors (Lipinski definition) is 2. The molecule has 1 saturated heterocycles. The largest absolute Gasteiger partial charge is 0.460 e. The normalized spacial score (nSPS) is 26.8. The van der Waals surface area contributed by atoms with E-state index in [-0.39, 0.29) is 17.1 Å². The molecule has 1 aliphatic rings. The maximum absolute atomic E-state index is 11.9. The summed E-state index contributed by atoms with van der Waals surface area (Å²) in [5.41, 5.74) is 1.08. The highest BCUT2D eigenvalue weighted by molar-refractivity contribution is 6.74. The number of benzene rings is 1. The predicted molar refractivity (Wildman–Crippen MR) is 114 cm³/mol. The van der Waals surface area contributed by atoms with Gasteiger partial charge in [-0.05, 0) is 23.7 Å². The van der Waals surface area contributed by atoms with Gasteiger partial charge in [-0.15, -0.1) is 0 Å². The zero-order chi connectivity index (χ0) is 21.8. The number of cyclic esters (lactones) is 1. The lowest BCUT2D eigenvalue weighted by atomic mass is 9.88. The first kappa shape index (κ1) is 24.0. The van der Waals surface area contributed by atoms with Gasteiger partial charge in [0.05, 0.1) is 25.4 Å². The van der Waals surface area contributed by atoms with Gasteiger partial charge >= 0.3 is 5.97 Å². The second-order valence-electron chi connectivity index (χ2n) is 9.51. The molecule has 0 bridgehead atoms. The Bertz CT molecular complexity index is 657. The number of carbonyl (C=O) groups is 1. The second-order valence-corrected chi connectivity index (χ2v) is 14.3. The fourth-order valence-corrected chi connectivity index (χ4v) is 4.47. The molecule has 2 N–H and O–H groups in total. The van der Waals surface area contributed by atoms with Crippen LogP contribution in [0.25, 0.3) is 0 Å². The van der Waals surface area contributed by atoms with Crippen LogP contribution in [0.3, 0.4) is 0 Å². The van der Waals surface area contributed by atoms with Crippen molar-refractivity contribution in [3.05, 3.63) is 35.9 Å². The molecule has 1 heterocycles. The molecule has 7 heteroatoms. The maximum atomic E-state index is 11.9. The summed E-state index contributed by atoms with van der Waals surface area (Å²) in [6.07, 6.45) is -3.02. The molecule has 0 radical (unpaired) electrons. The number of aliphatic hydroxyl groups is 2. The minimum Gasteiger partial charge on any atom is -0.460 e. The SMILES string of the molecule is C[C@@H]1[C@H](O)[C@H](O)C(=O)O[C@H]1C[C@@H](COCc1ccccc1)O[Si](C)(C)C(C)(C)C. The molecule has 5 atom stereocenters. The monoisotopic (exact) mass is 424 g/mol. The van der Waals surface area contributed by atoms with Crippen molar-refractivity contribution in [1.82, 2.24) is 0 Å². The maximum Gasteiger partial charge on any atom is 0.338 e. The van der Waals surface area contributed by atoms with Crippen molar-refractivity contribution >= 4 is 14.3 Å². The predicted octanol–water partition coefficient (Wildman–Crippen LogP) is 3.27. The topological polar surface area (TPSA) is 85.2 Å². The van der Waals surface area contributed by atoms with Gasteiger partial charge in [0.15, 0.2) is 14.4 Å². The van der Waals surface area contributed by atoms with Gasteiger partial charge in [0.25, 0.3) is 0 Å². The molecule has 1 aromatic carbocycles. The van der Waals surface area contributed by atoms with Crippen LogP contribution in [0.4, 0.5) is 0 Å². The van der Waals surface area contributed by atoms with Crippen molar-refractivity contribution in [2.75, 3.05) is 6.61 Å². The van der Waals surface area contributed by atoms with Crippen molar-refractivity contribution in [3.8, 4) is 0 Å². The van der Waals surface area contributed by atoms with Crippen molar-refractivity contribution in [2.24, 2.45) is 5.92 Å². The lowest BCUT2D eigenvalue weighted by Gasteiger charge is -2.41. The van der Waals surface area contributed by atoms with Gasteiger partial charge in [-0.1, -0.05) is 58.0 Å². The summed E-state index contributed by atoms with van der Waals surface area (Å²) in [7, 11) is -2.08. The summed E-state index contributed by atoms with van der Waals surface area (Å²) in [5, 5.41) is 20.0. The molecule has 0 amide bonds. The number of esters is 1. The van der Waals surface area contributed by atoms with Gasteiger partial charge in [0, 0.05) is 12.3 Å². The fourth-order valence-electron chi connectivity index (χ4n) is 3.12. The van der Waals surface area contributed by atoms with Gasteiger partial charge in [0.2, 0.25) is 0 Å². The molecular formula is C22H36O6Si. The van der Waals surface area contributed by atoms with Gasteiger partial charge < -0.3 is 24.1 Å². The van der Waals surface area contributed by atoms with Crippen LogP contribution in [-0.2, 0) is 25.3 Å². The van der Waals surface area contributed by atoms with Crippen LogP contribution in [-0.4, -0.2) is 55.5 Å². The van der Waals surface area contributed by atoms with E-state index in [1.807, 2.05) is 30.3 Å². The van der Waals surface area contributed by atoms with E-state index in [4.69, 9.17) is 13.9 Å². The first-order valence-corrected chi connectivity index (χ1v) is 13.2. The molecular weight excluding hydrogens is 388 g/mol. The van der Waals surface area contributed by atoms with E-state index < -0.39 is 32.6 Å². The molecule has 0 saturated carbocycles. The van der Waals surface area contributed by atoms with Gasteiger partial charge in [-0.25, -0.2) is 4.79 Å². The Hall–Kier alpha value is -1.25. The molecule has 1 fully saturated rings. The summed E-state index contributed by atoms with van der Waals surface area (Å²) < 4.78 is 17.9. The van der Waals surface area contributed by atoms with E-state index in [1.165, 1.54) is 0 Å². The van der Waals surface area contributed by atoms with Crippen LogP contribution in [0, 0.1) is 5.92 Å². The van der Waals surface area contributed by atoms with Crippen LogP contribution < -0.4 is 0 Å². The van der Waals surface area contributed by atoms with E-state index in [2.05, 4.69) is 33.9 Å². The Balaban J connectivity index is 2.08. The van der Waals surface area contributed by atoms with Crippen molar-refractivity contribution in [1.29, 1.82) is 0 Å². The van der Waals surface area contributed by atoms with E-state index in [9.17, 15) is 15.0 Å². The Kier molecular flexibility index (Phi) is 8.04. The smallest absolute Gasteiger partial charge is 0.338 e. The van der Waals surface area contributed by atoms with Crippen LogP contribution in [0.5, 0.6) is 0 Å². The Morgan fingerprint density at radius 1 is 1.17 bits per heavy atom. The van der Waals surface area contributed by atoms with E-state index in [0.29, 0.717) is 19.6 Å². The molecule has 0 unspecified atom stereocenters. The molecule has 29 heavy (non-hydrogen) atoms. The standard InChI is InChI=1S/C22H36O6Si/c1-15-18(27-21(25)20(24)19(15)23)12-17(28-29(5,6)22(2,3)4)14-26-13-16-10-8-7-9-11-16/h7-11,15,17-20,23-24H,12-14H2,1-6H3/t15-,17-,18-,19-,20-/m0/s1. The third-order valence-electron chi connectivity index (χ3n) is 6.14. The highest BCUT2D eigenvalue weighted by Crippen LogP contribution is 2.38. The summed E-state index contributed by atoms with van der Waals surface area (Å²) in [4.78, 5) is 11.9. The molecule has 0 aliphatic carbocycles. The minimum absolute atomic E-state index is 0.0231. The van der Waals surface area contributed by atoms with Gasteiger partial charge in [0.1, 0.15) is 6.10 Å². The van der Waals surface area contributed by atoms with Gasteiger partial charge in [-0.3, -0.25) is 0 Å². The highest BCUT2D eigenvalue weighted by Gasteiger charge is 2.44. The molecule has 1 aliphatic heterocycles. The number of hydrogen-bond acceptors (Lipinski definition) is 6. The summed E-state index contributed by atoms with van der Waals surface area (Å²) in [6.45, 7) is 13.5. The second kappa shape index (κ2) is 9.70. The average Bonchev–Trinajstić information content (AvgIpc) is 2.64. The van der Waals surface area contributed by atoms with Crippen molar-refractivity contribution in [2.45, 2.75) is 83.3 Å². The van der Waals surface area contributed by atoms with Crippen LogP contribution in [0.1, 0.15) is 39.7 Å². The summed E-state index contributed by atoms with van der Waals surface area (Å²) in [5.74, 6) is -1.17. The third-order valence-corrected chi connectivity index (χ3v) is 10.7. The first-order valence-electron chi connectivity index (χ1n) is 10.3. The summed E-state index contributed by atoms with van der Waals surface area (Å²) >= 11 is 0. The zero-order valence-corrected chi connectivity index (χ0v) is 19.4. The van der Waals surface area contributed by atoms with Gasteiger partial charge in [-0.2, -0.15) is 0 Å². The minimum atomic E-state index is -2.08. The number of carbonyl (C=O) groups excluding carboxylic acids is 1. The number of rotatable bonds is 8. The van der Waals surface area contributed by atoms with Crippen molar-refractivity contribution in [3.63, 3.8) is 0 Å². The third kappa shape index (κ3) is 6.36. The number of ether oxygens (including phenoxy) is 2. The van der Waals surface area contributed by atoms with E-state index in [0.717, 1.165) is 5.56 Å². The Labute approximate surface area is 175 Å². The molecule has 164 valence electrons.